The third kappa shape index (κ3) is 4.72. The SMILES string of the molecule is CC[C@@H](CO)NC(=O)COc1ccc(Cl)cc1Cl. The maximum Gasteiger partial charge on any atom is 0.258 e. The number of hydrogen-bond acceptors (Lipinski definition) is 3. The van der Waals surface area contributed by atoms with Crippen LogP contribution in [0.25, 0.3) is 0 Å². The molecule has 100 valence electrons. The molecule has 0 saturated carbocycles. The van der Waals surface area contributed by atoms with Gasteiger partial charge in [0.1, 0.15) is 5.75 Å². The maximum atomic E-state index is 11.5. The molecule has 1 amide bonds. The van der Waals surface area contributed by atoms with Crippen molar-refractivity contribution in [1.29, 1.82) is 0 Å². The standard InChI is InChI=1S/C12H15Cl2NO3/c1-2-9(6-16)15-12(17)7-18-11-4-3-8(13)5-10(11)14/h3-5,9,16H,2,6-7H2,1H3,(H,15,17)/t9-/m0/s1. The second kappa shape index (κ2) is 7.46. The number of hydrogen-bond donors (Lipinski definition) is 2. The fourth-order valence-electron chi connectivity index (χ4n) is 1.28. The zero-order valence-electron chi connectivity index (χ0n) is 9.95. The van der Waals surface area contributed by atoms with Crippen molar-refractivity contribution >= 4 is 29.1 Å². The molecule has 0 aliphatic rings. The van der Waals surface area contributed by atoms with Crippen molar-refractivity contribution in [3.8, 4) is 5.75 Å². The van der Waals surface area contributed by atoms with Gasteiger partial charge in [-0.2, -0.15) is 0 Å². The highest BCUT2D eigenvalue weighted by Crippen LogP contribution is 2.27. The van der Waals surface area contributed by atoms with E-state index in [1.165, 1.54) is 0 Å². The first-order valence-electron chi connectivity index (χ1n) is 5.54. The molecule has 0 fully saturated rings. The van der Waals surface area contributed by atoms with Crippen LogP contribution in [0.2, 0.25) is 10.0 Å². The van der Waals surface area contributed by atoms with E-state index in [2.05, 4.69) is 5.32 Å². The first-order chi connectivity index (χ1) is 8.56. The Balaban J connectivity index is 2.47. The summed E-state index contributed by atoms with van der Waals surface area (Å²) in [6.07, 6.45) is 0.657. The van der Waals surface area contributed by atoms with Crippen LogP contribution in [0, 0.1) is 0 Å². The quantitative estimate of drug-likeness (QED) is 0.845. The summed E-state index contributed by atoms with van der Waals surface area (Å²) in [5.74, 6) is 0.0928. The van der Waals surface area contributed by atoms with Gasteiger partial charge in [-0.1, -0.05) is 30.1 Å². The lowest BCUT2D eigenvalue weighted by Crippen LogP contribution is -2.39. The number of amides is 1. The zero-order chi connectivity index (χ0) is 13.5. The van der Waals surface area contributed by atoms with Crippen LogP contribution in [0.15, 0.2) is 18.2 Å². The summed E-state index contributed by atoms with van der Waals surface area (Å²) in [6.45, 7) is 1.62. The van der Waals surface area contributed by atoms with E-state index < -0.39 is 0 Å². The van der Waals surface area contributed by atoms with Crippen LogP contribution in [0.4, 0.5) is 0 Å². The molecule has 0 saturated heterocycles. The molecule has 1 rings (SSSR count). The Labute approximate surface area is 116 Å². The lowest BCUT2D eigenvalue weighted by Gasteiger charge is -2.14. The Morgan fingerprint density at radius 1 is 1.50 bits per heavy atom. The number of aliphatic hydroxyl groups excluding tert-OH is 1. The van der Waals surface area contributed by atoms with Gasteiger partial charge in [-0.15, -0.1) is 0 Å². The Morgan fingerprint density at radius 3 is 2.78 bits per heavy atom. The Morgan fingerprint density at radius 2 is 2.22 bits per heavy atom. The second-order valence-electron chi connectivity index (χ2n) is 3.72. The number of ether oxygens (including phenoxy) is 1. The zero-order valence-corrected chi connectivity index (χ0v) is 11.5. The normalized spacial score (nSPS) is 12.0. The molecule has 0 aliphatic heterocycles. The second-order valence-corrected chi connectivity index (χ2v) is 4.56. The average molecular weight is 292 g/mol. The van der Waals surface area contributed by atoms with Crippen LogP contribution in [0.1, 0.15) is 13.3 Å². The van der Waals surface area contributed by atoms with E-state index in [9.17, 15) is 4.79 Å². The fourth-order valence-corrected chi connectivity index (χ4v) is 1.74. The van der Waals surface area contributed by atoms with Crippen LogP contribution in [0.3, 0.4) is 0 Å². The largest absolute Gasteiger partial charge is 0.482 e. The minimum absolute atomic E-state index is 0.0933. The van der Waals surface area contributed by atoms with E-state index in [1.54, 1.807) is 18.2 Å². The van der Waals surface area contributed by atoms with Crippen molar-refractivity contribution in [2.75, 3.05) is 13.2 Å². The fraction of sp³-hybridized carbons (Fsp3) is 0.417. The first kappa shape index (κ1) is 15.1. The lowest BCUT2D eigenvalue weighted by atomic mass is 10.2. The number of rotatable bonds is 6. The monoisotopic (exact) mass is 291 g/mol. The predicted molar refractivity (Wildman–Crippen MR) is 71.3 cm³/mol. The summed E-state index contributed by atoms with van der Waals surface area (Å²) in [4.78, 5) is 11.5. The summed E-state index contributed by atoms with van der Waals surface area (Å²) >= 11 is 11.6. The van der Waals surface area contributed by atoms with Gasteiger partial charge in [0, 0.05) is 5.02 Å². The van der Waals surface area contributed by atoms with Crippen molar-refractivity contribution in [2.45, 2.75) is 19.4 Å². The smallest absolute Gasteiger partial charge is 0.258 e. The molecule has 1 aromatic rings. The molecule has 0 bridgehead atoms. The molecule has 18 heavy (non-hydrogen) atoms. The van der Waals surface area contributed by atoms with Crippen LogP contribution < -0.4 is 10.1 Å². The van der Waals surface area contributed by atoms with Gasteiger partial charge in [0.15, 0.2) is 6.61 Å². The molecule has 0 aromatic heterocycles. The third-order valence-corrected chi connectivity index (χ3v) is 2.86. The van der Waals surface area contributed by atoms with Gasteiger partial charge in [-0.05, 0) is 24.6 Å². The highest BCUT2D eigenvalue weighted by atomic mass is 35.5. The Kier molecular flexibility index (Phi) is 6.25. The van der Waals surface area contributed by atoms with E-state index in [-0.39, 0.29) is 25.2 Å². The predicted octanol–water partition coefficient (Wildman–Crippen LogP) is 2.26. The molecule has 2 N–H and O–H groups in total. The minimum atomic E-state index is -0.304. The summed E-state index contributed by atoms with van der Waals surface area (Å²) in [6, 6.07) is 4.52. The van der Waals surface area contributed by atoms with Crippen LogP contribution in [-0.4, -0.2) is 30.3 Å². The Hall–Kier alpha value is -0.970. The van der Waals surface area contributed by atoms with E-state index in [0.717, 1.165) is 0 Å². The van der Waals surface area contributed by atoms with E-state index in [1.807, 2.05) is 6.92 Å². The molecule has 4 nitrogen and oxygen atoms in total. The van der Waals surface area contributed by atoms with Gasteiger partial charge in [-0.3, -0.25) is 4.79 Å². The van der Waals surface area contributed by atoms with Crippen molar-refractivity contribution in [1.82, 2.24) is 5.32 Å². The van der Waals surface area contributed by atoms with Crippen LogP contribution in [-0.2, 0) is 4.79 Å². The van der Waals surface area contributed by atoms with Gasteiger partial charge >= 0.3 is 0 Å². The minimum Gasteiger partial charge on any atom is -0.482 e. The molecule has 0 radical (unpaired) electrons. The third-order valence-electron chi connectivity index (χ3n) is 2.33. The molecular formula is C12H15Cl2NO3. The number of halogens is 2. The molecule has 1 aromatic carbocycles. The van der Waals surface area contributed by atoms with E-state index in [4.69, 9.17) is 33.0 Å². The van der Waals surface area contributed by atoms with Crippen molar-refractivity contribution in [3.63, 3.8) is 0 Å². The molecule has 0 unspecified atom stereocenters. The maximum absolute atomic E-state index is 11.5. The van der Waals surface area contributed by atoms with Crippen LogP contribution in [0.5, 0.6) is 5.75 Å². The van der Waals surface area contributed by atoms with Gasteiger partial charge in [0.25, 0.3) is 5.91 Å². The van der Waals surface area contributed by atoms with Gasteiger partial charge in [0.05, 0.1) is 17.7 Å². The highest BCUT2D eigenvalue weighted by Gasteiger charge is 2.10. The molecule has 0 spiro atoms. The lowest BCUT2D eigenvalue weighted by molar-refractivity contribution is -0.124. The number of aliphatic hydroxyl groups is 1. The number of nitrogens with one attached hydrogen (secondary N) is 1. The molecular weight excluding hydrogens is 277 g/mol. The number of benzene rings is 1. The average Bonchev–Trinajstić information content (AvgIpc) is 2.35. The molecule has 1 atom stereocenters. The summed E-state index contributed by atoms with van der Waals surface area (Å²) < 4.78 is 5.26. The number of carbonyl (C=O) groups excluding carboxylic acids is 1. The van der Waals surface area contributed by atoms with E-state index >= 15 is 0 Å². The topological polar surface area (TPSA) is 58.6 Å². The highest BCUT2D eigenvalue weighted by molar-refractivity contribution is 6.35. The number of carbonyl (C=O) groups is 1. The van der Waals surface area contributed by atoms with Crippen molar-refractivity contribution < 1.29 is 14.6 Å². The molecule has 6 heteroatoms. The molecule has 0 heterocycles. The summed E-state index contributed by atoms with van der Waals surface area (Å²) in [5.41, 5.74) is 0. The van der Waals surface area contributed by atoms with Crippen LogP contribution >= 0.6 is 23.2 Å². The Bertz CT molecular complexity index is 408. The summed E-state index contributed by atoms with van der Waals surface area (Å²) in [5, 5.41) is 12.4. The van der Waals surface area contributed by atoms with Gasteiger partial charge < -0.3 is 15.2 Å². The van der Waals surface area contributed by atoms with E-state index in [0.29, 0.717) is 22.2 Å². The van der Waals surface area contributed by atoms with Gasteiger partial charge in [0.2, 0.25) is 0 Å². The van der Waals surface area contributed by atoms with Gasteiger partial charge in [-0.25, -0.2) is 0 Å². The first-order valence-corrected chi connectivity index (χ1v) is 6.30. The van der Waals surface area contributed by atoms with Crippen molar-refractivity contribution in [2.24, 2.45) is 0 Å². The summed E-state index contributed by atoms with van der Waals surface area (Å²) in [7, 11) is 0. The van der Waals surface area contributed by atoms with Crippen molar-refractivity contribution in [3.05, 3.63) is 28.2 Å². The molecule has 0 aliphatic carbocycles.